The van der Waals surface area contributed by atoms with Crippen molar-refractivity contribution < 1.29 is 75.7 Å². The van der Waals surface area contributed by atoms with E-state index in [4.69, 9.17) is 56.5 Å². The summed E-state index contributed by atoms with van der Waals surface area (Å²) in [5, 5.41) is 7.42. The average molecular weight is 1650 g/mol. The number of esters is 3. The first-order valence-electron chi connectivity index (χ1n) is 45.5. The van der Waals surface area contributed by atoms with E-state index in [1.54, 1.807) is 0 Å². The highest BCUT2D eigenvalue weighted by atomic mass is 28.4. The number of azide groups is 1. The van der Waals surface area contributed by atoms with Crippen molar-refractivity contribution in [2.24, 2.45) is 5.11 Å². The summed E-state index contributed by atoms with van der Waals surface area (Å²) in [4.78, 5) is 58.2. The smallest absolute Gasteiger partial charge is 0.303 e. The molecular weight excluding hydrogens is 1490 g/mol. The lowest BCUT2D eigenvalue weighted by atomic mass is 9.95. The van der Waals surface area contributed by atoms with E-state index >= 15 is 0 Å². The van der Waals surface area contributed by atoms with Gasteiger partial charge in [-0.05, 0) is 65.2 Å². The zero-order valence-corrected chi connectivity index (χ0v) is 74.5. The Bertz CT molecular complexity index is 3280. The van der Waals surface area contributed by atoms with Gasteiger partial charge >= 0.3 is 17.9 Å². The molecule has 656 valence electrons. The molecular formula is C96H152N4O16Si. The molecule has 2 saturated heterocycles. The van der Waals surface area contributed by atoms with E-state index < -0.39 is 106 Å². The van der Waals surface area contributed by atoms with Gasteiger partial charge in [0, 0.05) is 32.1 Å². The standard InChI is InChI=1S/C96H152N4O16Si/c1-11-13-15-17-19-21-23-25-26-27-28-29-30-31-32-33-34-35-37-39-41-43-57-67-86(104)98-82(88(113-77(5)103)83(112-76(4)102)66-56-42-40-38-36-24-22-20-18-16-14-12-2)72-110-95-93(109-71-81-64-54-47-55-65-81)92(108-70-80-62-52-46-53-63-80)90(85(115-95)74-111-117(9,10)96(6,7)8)116-94-87(99-100-97)91(107-69-79-60-50-45-51-61-79)89(84(114-94)73-105-75(3)101)106-68-78-58-48-44-49-59-78/h44-55,58-65,82-85,87-95H,11-43,56-57,66-74H2,1-10H3,(H,98,104)/t82-,83+,84+,85+,87+,88-,89+,90-,91+,92-,93+,94+,95-/m0/s1. The number of carbonyl (C=O) groups is 4. The Morgan fingerprint density at radius 1 is 0.444 bits per heavy atom. The van der Waals surface area contributed by atoms with Crippen molar-refractivity contribution in [1.29, 1.82) is 0 Å². The van der Waals surface area contributed by atoms with Crippen molar-refractivity contribution in [1.82, 2.24) is 5.32 Å². The molecule has 0 aromatic heterocycles. The minimum absolute atomic E-state index is 0.0305. The van der Waals surface area contributed by atoms with E-state index in [2.05, 4.69) is 63.1 Å². The lowest BCUT2D eigenvalue weighted by molar-refractivity contribution is -0.360. The van der Waals surface area contributed by atoms with E-state index in [1.807, 2.05) is 121 Å². The van der Waals surface area contributed by atoms with Gasteiger partial charge in [-0.1, -0.05) is 373 Å². The fraction of sp³-hybridized carbons (Fsp3) is 0.708. The largest absolute Gasteiger partial charge is 0.463 e. The van der Waals surface area contributed by atoms with Gasteiger partial charge in [0.15, 0.2) is 27.0 Å². The third kappa shape index (κ3) is 40.9. The molecule has 4 aromatic carbocycles. The summed E-state index contributed by atoms with van der Waals surface area (Å²) >= 11 is 0. The number of rotatable bonds is 65. The van der Waals surface area contributed by atoms with Gasteiger partial charge in [0.2, 0.25) is 5.91 Å². The van der Waals surface area contributed by atoms with Gasteiger partial charge in [-0.3, -0.25) is 19.2 Å². The zero-order chi connectivity index (χ0) is 84.0. The molecule has 20 nitrogen and oxygen atoms in total. The molecule has 1 N–H and O–H groups in total. The molecule has 2 fully saturated rings. The third-order valence-corrected chi connectivity index (χ3v) is 27.7. The van der Waals surface area contributed by atoms with Crippen LogP contribution in [-0.4, -0.2) is 132 Å². The van der Waals surface area contributed by atoms with Crippen LogP contribution in [0.1, 0.15) is 315 Å². The molecule has 0 aliphatic carbocycles. The highest BCUT2D eigenvalue weighted by Gasteiger charge is 2.55. The van der Waals surface area contributed by atoms with Crippen LogP contribution in [0.25, 0.3) is 10.4 Å². The topological polar surface area (TPSA) is 240 Å². The van der Waals surface area contributed by atoms with Gasteiger partial charge in [0.25, 0.3) is 0 Å². The monoisotopic (exact) mass is 1650 g/mol. The molecule has 2 aliphatic heterocycles. The van der Waals surface area contributed by atoms with E-state index in [1.165, 1.54) is 181 Å². The van der Waals surface area contributed by atoms with Crippen LogP contribution in [-0.2, 0) is 102 Å². The van der Waals surface area contributed by atoms with Crippen molar-refractivity contribution in [3.63, 3.8) is 0 Å². The van der Waals surface area contributed by atoms with Crippen molar-refractivity contribution in [2.45, 2.75) is 417 Å². The minimum Gasteiger partial charge on any atom is -0.463 e. The normalized spacial score (nSPS) is 20.4. The maximum atomic E-state index is 14.8. The van der Waals surface area contributed by atoms with E-state index in [0.29, 0.717) is 19.3 Å². The maximum Gasteiger partial charge on any atom is 0.303 e. The van der Waals surface area contributed by atoms with E-state index in [-0.39, 0.29) is 63.6 Å². The number of carbonyl (C=O) groups excluding carboxylic acids is 4. The summed E-state index contributed by atoms with van der Waals surface area (Å²) in [5.74, 6) is -2.02. The number of amides is 1. The lowest BCUT2D eigenvalue weighted by Gasteiger charge is -2.50. The van der Waals surface area contributed by atoms with Crippen molar-refractivity contribution >= 4 is 32.1 Å². The first-order valence-corrected chi connectivity index (χ1v) is 48.4. The molecule has 1 amide bonds. The van der Waals surface area contributed by atoms with Crippen LogP contribution < -0.4 is 5.32 Å². The van der Waals surface area contributed by atoms with Crippen LogP contribution in [0.3, 0.4) is 0 Å². The average Bonchev–Trinajstić information content (AvgIpc) is 0.764. The van der Waals surface area contributed by atoms with Crippen molar-refractivity contribution in [2.75, 3.05) is 19.8 Å². The number of unbranched alkanes of at least 4 members (excludes halogenated alkanes) is 33. The Hall–Kier alpha value is -6.07. The molecule has 6 rings (SSSR count). The SMILES string of the molecule is CCCCCCCCCCCCCCCCCCCCCCCCCC(=O)N[C@@H](CO[C@H]1O[C@H](CO[Si](C)(C)C(C)(C)C)[C@H](O[C@H]2O[C@H](COC(C)=O)[C@@H](OCc3ccccc3)[C@H](OCc3ccccc3)[C@H]2N=[N+]=[N-])[C@H](OCc2ccccc2)[C@H]1OCc1ccccc1)[C@H](OC(C)=O)[C@@H](CCCCCCCCCCCCCC)OC(C)=O. The summed E-state index contributed by atoms with van der Waals surface area (Å²) < 4.78 is 82.8. The molecule has 2 aliphatic rings. The molecule has 0 saturated carbocycles. The quantitative estimate of drug-likeness (QED) is 0.00822. The van der Waals surface area contributed by atoms with Crippen LogP contribution in [0, 0.1) is 0 Å². The predicted octanol–water partition coefficient (Wildman–Crippen LogP) is 23.3. The third-order valence-electron chi connectivity index (χ3n) is 23.2. The number of benzene rings is 4. The van der Waals surface area contributed by atoms with Crippen LogP contribution in [0.2, 0.25) is 18.1 Å². The second-order valence-corrected chi connectivity index (χ2v) is 39.0. The van der Waals surface area contributed by atoms with Gasteiger partial charge in [0.1, 0.15) is 61.5 Å². The van der Waals surface area contributed by atoms with E-state index in [9.17, 15) is 24.7 Å². The highest BCUT2D eigenvalue weighted by molar-refractivity contribution is 6.74. The van der Waals surface area contributed by atoms with Gasteiger partial charge < -0.3 is 61.8 Å². The zero-order valence-electron chi connectivity index (χ0n) is 73.5. The second kappa shape index (κ2) is 59.6. The fourth-order valence-corrected chi connectivity index (χ4v) is 16.4. The highest BCUT2D eigenvalue weighted by Crippen LogP contribution is 2.41. The number of hydrogen-bond donors (Lipinski definition) is 1. The number of nitrogens with zero attached hydrogens (tertiary/aromatic N) is 3. The summed E-state index contributed by atoms with van der Waals surface area (Å²) in [6.45, 7) is 18.8. The van der Waals surface area contributed by atoms with Crippen molar-refractivity contribution in [3.05, 3.63) is 154 Å². The van der Waals surface area contributed by atoms with Gasteiger partial charge in [-0.2, -0.15) is 0 Å². The molecule has 0 unspecified atom stereocenters. The number of ether oxygens (including phenoxy) is 11. The summed E-state index contributed by atoms with van der Waals surface area (Å²) in [5.41, 5.74) is 14.0. The second-order valence-electron chi connectivity index (χ2n) is 34.2. The molecule has 0 spiro atoms. The Balaban J connectivity index is 1.31. The minimum atomic E-state index is -2.67. The van der Waals surface area contributed by atoms with Gasteiger partial charge in [0.05, 0.1) is 45.7 Å². The Labute approximate surface area is 705 Å². The van der Waals surface area contributed by atoms with Gasteiger partial charge in [-0.25, -0.2) is 0 Å². The molecule has 117 heavy (non-hydrogen) atoms. The summed E-state index contributed by atoms with van der Waals surface area (Å²) in [6.07, 6.45) is 30.5. The molecule has 0 radical (unpaired) electrons. The van der Waals surface area contributed by atoms with Crippen LogP contribution in [0.5, 0.6) is 0 Å². The first-order chi connectivity index (χ1) is 56.8. The lowest BCUT2D eigenvalue weighted by Crippen LogP contribution is -2.66. The maximum absolute atomic E-state index is 14.8. The Morgan fingerprint density at radius 2 is 0.812 bits per heavy atom. The molecule has 0 bridgehead atoms. The summed E-state index contributed by atoms with van der Waals surface area (Å²) in [6, 6.07) is 36.2. The fourth-order valence-electron chi connectivity index (χ4n) is 15.4. The Kier molecular flexibility index (Phi) is 50.8. The molecule has 4 aromatic rings. The Morgan fingerprint density at radius 3 is 1.21 bits per heavy atom. The molecule has 21 heteroatoms. The van der Waals surface area contributed by atoms with Crippen LogP contribution >= 0.6 is 0 Å². The number of nitrogens with one attached hydrogen (secondary N) is 1. The van der Waals surface area contributed by atoms with E-state index in [0.717, 1.165) is 73.6 Å². The molecule has 2 heterocycles. The van der Waals surface area contributed by atoms with Crippen LogP contribution in [0.4, 0.5) is 0 Å². The van der Waals surface area contributed by atoms with Crippen LogP contribution in [0.15, 0.2) is 126 Å². The predicted molar refractivity (Wildman–Crippen MR) is 466 cm³/mol. The first kappa shape index (κ1) is 99.7. The van der Waals surface area contributed by atoms with Gasteiger partial charge in [-0.15, -0.1) is 0 Å². The number of hydrogen-bond acceptors (Lipinski definition) is 17. The molecule has 13 atom stereocenters. The summed E-state index contributed by atoms with van der Waals surface area (Å²) in [7, 11) is -2.67. The van der Waals surface area contributed by atoms with Crippen molar-refractivity contribution in [3.8, 4) is 0 Å².